The van der Waals surface area contributed by atoms with Gasteiger partial charge in [0.15, 0.2) is 0 Å². The first kappa shape index (κ1) is 15.4. The summed E-state index contributed by atoms with van der Waals surface area (Å²) in [6.45, 7) is 1.52. The van der Waals surface area contributed by atoms with Gasteiger partial charge in [-0.3, -0.25) is 9.59 Å². The molecule has 114 valence electrons. The molecule has 1 aromatic heterocycles. The van der Waals surface area contributed by atoms with Crippen LogP contribution in [0.4, 0.5) is 4.39 Å². The van der Waals surface area contributed by atoms with Gasteiger partial charge in [-0.15, -0.1) is 0 Å². The van der Waals surface area contributed by atoms with Gasteiger partial charge in [-0.25, -0.2) is 9.82 Å². The van der Waals surface area contributed by atoms with Crippen LogP contribution in [0.5, 0.6) is 0 Å². The number of furan rings is 1. The first-order valence-electron chi connectivity index (χ1n) is 6.47. The molecule has 0 aliphatic carbocycles. The van der Waals surface area contributed by atoms with E-state index in [0.29, 0.717) is 5.76 Å². The molecule has 2 aromatic rings. The summed E-state index contributed by atoms with van der Waals surface area (Å²) in [4.78, 5) is 23.2. The Morgan fingerprint density at radius 3 is 2.82 bits per heavy atom. The Labute approximate surface area is 126 Å². The highest BCUT2D eigenvalue weighted by Crippen LogP contribution is 2.03. The molecule has 0 spiro atoms. The lowest BCUT2D eigenvalue weighted by Gasteiger charge is -2.04. The molecule has 0 aliphatic heterocycles. The van der Waals surface area contributed by atoms with Crippen LogP contribution in [0.3, 0.4) is 0 Å². The van der Waals surface area contributed by atoms with Crippen LogP contribution in [-0.4, -0.2) is 24.6 Å². The van der Waals surface area contributed by atoms with Crippen LogP contribution < -0.4 is 10.7 Å². The molecule has 1 aromatic carbocycles. The normalized spacial score (nSPS) is 10.6. The van der Waals surface area contributed by atoms with Crippen molar-refractivity contribution in [2.75, 3.05) is 6.54 Å². The van der Waals surface area contributed by atoms with E-state index in [-0.39, 0.29) is 12.1 Å². The van der Waals surface area contributed by atoms with Crippen LogP contribution in [0, 0.1) is 12.7 Å². The molecular weight excluding hydrogens is 289 g/mol. The highest BCUT2D eigenvalue weighted by molar-refractivity contribution is 5.96. The Balaban J connectivity index is 1.78. The zero-order valence-electron chi connectivity index (χ0n) is 11.8. The number of hydrogen-bond donors (Lipinski definition) is 2. The number of hydrogen-bond acceptors (Lipinski definition) is 4. The second-order valence-corrected chi connectivity index (χ2v) is 4.43. The third-order valence-electron chi connectivity index (χ3n) is 2.64. The molecule has 2 N–H and O–H groups in total. The molecule has 0 radical (unpaired) electrons. The minimum absolute atomic E-state index is 0.141. The molecule has 2 rings (SSSR count). The molecule has 0 bridgehead atoms. The molecule has 6 nitrogen and oxygen atoms in total. The zero-order valence-corrected chi connectivity index (χ0v) is 11.8. The van der Waals surface area contributed by atoms with Crippen LogP contribution >= 0.6 is 0 Å². The number of hydrazone groups is 1. The third-order valence-corrected chi connectivity index (χ3v) is 2.64. The van der Waals surface area contributed by atoms with E-state index in [2.05, 4.69) is 15.8 Å². The van der Waals surface area contributed by atoms with Crippen molar-refractivity contribution in [3.8, 4) is 0 Å². The van der Waals surface area contributed by atoms with E-state index < -0.39 is 17.6 Å². The molecule has 1 heterocycles. The Kier molecular flexibility index (Phi) is 5.02. The van der Waals surface area contributed by atoms with E-state index >= 15 is 0 Å². The Hall–Kier alpha value is -2.96. The first-order valence-corrected chi connectivity index (χ1v) is 6.47. The Morgan fingerprint density at radius 1 is 1.32 bits per heavy atom. The quantitative estimate of drug-likeness (QED) is 0.650. The molecule has 0 saturated carbocycles. The van der Waals surface area contributed by atoms with E-state index in [1.165, 1.54) is 24.4 Å². The predicted molar refractivity (Wildman–Crippen MR) is 77.9 cm³/mol. The van der Waals surface area contributed by atoms with Crippen molar-refractivity contribution in [2.24, 2.45) is 5.10 Å². The van der Waals surface area contributed by atoms with Crippen molar-refractivity contribution in [3.05, 3.63) is 59.3 Å². The van der Waals surface area contributed by atoms with E-state index in [9.17, 15) is 14.0 Å². The number of halogens is 1. The second kappa shape index (κ2) is 7.16. The number of amides is 2. The number of aryl methyl sites for hydroxylation is 1. The molecule has 22 heavy (non-hydrogen) atoms. The summed E-state index contributed by atoms with van der Waals surface area (Å²) < 4.78 is 18.2. The molecular formula is C15H14FN3O3. The standard InChI is InChI=1S/C15H14FN3O3/c1-10-5-6-13(22-10)8-18-19-14(20)9-17-15(21)11-3-2-4-12(16)7-11/h2-8H,9H2,1H3,(H,17,21)(H,19,20). The average molecular weight is 303 g/mol. The topological polar surface area (TPSA) is 83.7 Å². The minimum Gasteiger partial charge on any atom is -0.460 e. The van der Waals surface area contributed by atoms with Gasteiger partial charge >= 0.3 is 0 Å². The summed E-state index contributed by atoms with van der Waals surface area (Å²) in [5, 5.41) is 6.05. The highest BCUT2D eigenvalue weighted by Gasteiger charge is 2.08. The van der Waals surface area contributed by atoms with Crippen LogP contribution in [-0.2, 0) is 4.79 Å². The van der Waals surface area contributed by atoms with E-state index in [4.69, 9.17) is 4.42 Å². The summed E-state index contributed by atoms with van der Waals surface area (Å²) >= 11 is 0. The maximum absolute atomic E-state index is 13.0. The Bertz CT molecular complexity index is 710. The summed E-state index contributed by atoms with van der Waals surface area (Å²) in [5.74, 6) is -0.336. The van der Waals surface area contributed by atoms with Crippen LogP contribution in [0.15, 0.2) is 45.9 Å². The number of rotatable bonds is 5. The van der Waals surface area contributed by atoms with Gasteiger partial charge in [0.25, 0.3) is 11.8 Å². The number of benzene rings is 1. The second-order valence-electron chi connectivity index (χ2n) is 4.43. The van der Waals surface area contributed by atoms with E-state index in [1.54, 1.807) is 19.1 Å². The van der Waals surface area contributed by atoms with Crippen molar-refractivity contribution in [2.45, 2.75) is 6.92 Å². The smallest absolute Gasteiger partial charge is 0.259 e. The van der Waals surface area contributed by atoms with E-state index in [0.717, 1.165) is 11.8 Å². The van der Waals surface area contributed by atoms with Gasteiger partial charge in [0.2, 0.25) is 0 Å². The molecule has 2 amide bonds. The average Bonchev–Trinajstić information content (AvgIpc) is 2.90. The van der Waals surface area contributed by atoms with Crippen LogP contribution in [0.25, 0.3) is 0 Å². The van der Waals surface area contributed by atoms with Gasteiger partial charge in [-0.1, -0.05) is 6.07 Å². The summed E-state index contributed by atoms with van der Waals surface area (Å²) in [6, 6.07) is 8.66. The minimum atomic E-state index is -0.541. The first-order chi connectivity index (χ1) is 10.5. The molecule has 0 unspecified atom stereocenters. The highest BCUT2D eigenvalue weighted by atomic mass is 19.1. The predicted octanol–water partition coefficient (Wildman–Crippen LogP) is 1.61. The van der Waals surface area contributed by atoms with Crippen molar-refractivity contribution in [1.82, 2.24) is 10.7 Å². The monoisotopic (exact) mass is 303 g/mol. The Morgan fingerprint density at radius 2 is 2.14 bits per heavy atom. The number of carbonyl (C=O) groups is 2. The fraction of sp³-hybridized carbons (Fsp3) is 0.133. The van der Waals surface area contributed by atoms with Crippen LogP contribution in [0.1, 0.15) is 21.9 Å². The molecule has 7 heteroatoms. The summed E-state index contributed by atoms with van der Waals surface area (Å²) in [7, 11) is 0. The summed E-state index contributed by atoms with van der Waals surface area (Å²) in [6.07, 6.45) is 1.35. The largest absolute Gasteiger partial charge is 0.460 e. The number of carbonyl (C=O) groups excluding carboxylic acids is 2. The molecule has 0 fully saturated rings. The lowest BCUT2D eigenvalue weighted by molar-refractivity contribution is -0.120. The SMILES string of the molecule is Cc1ccc(C=NNC(=O)CNC(=O)c2cccc(F)c2)o1. The van der Waals surface area contributed by atoms with Crippen molar-refractivity contribution in [1.29, 1.82) is 0 Å². The van der Waals surface area contributed by atoms with Gasteiger partial charge in [-0.2, -0.15) is 5.10 Å². The lowest BCUT2D eigenvalue weighted by Crippen LogP contribution is -2.34. The fourth-order valence-corrected chi connectivity index (χ4v) is 1.62. The van der Waals surface area contributed by atoms with Gasteiger partial charge in [-0.05, 0) is 37.3 Å². The van der Waals surface area contributed by atoms with Crippen molar-refractivity contribution < 1.29 is 18.4 Å². The lowest BCUT2D eigenvalue weighted by atomic mass is 10.2. The molecule has 0 saturated heterocycles. The van der Waals surface area contributed by atoms with Gasteiger partial charge in [0.1, 0.15) is 17.3 Å². The maximum Gasteiger partial charge on any atom is 0.259 e. The van der Waals surface area contributed by atoms with Gasteiger partial charge in [0, 0.05) is 5.56 Å². The van der Waals surface area contributed by atoms with E-state index in [1.807, 2.05) is 0 Å². The van der Waals surface area contributed by atoms with Crippen LogP contribution in [0.2, 0.25) is 0 Å². The van der Waals surface area contributed by atoms with Crippen molar-refractivity contribution >= 4 is 18.0 Å². The third kappa shape index (κ3) is 4.55. The summed E-state index contributed by atoms with van der Waals surface area (Å²) in [5.41, 5.74) is 2.38. The van der Waals surface area contributed by atoms with Gasteiger partial charge < -0.3 is 9.73 Å². The fourth-order valence-electron chi connectivity index (χ4n) is 1.62. The van der Waals surface area contributed by atoms with Crippen molar-refractivity contribution in [3.63, 3.8) is 0 Å². The molecule has 0 atom stereocenters. The number of nitrogens with one attached hydrogen (secondary N) is 2. The van der Waals surface area contributed by atoms with Gasteiger partial charge in [0.05, 0.1) is 12.8 Å². The zero-order chi connectivity index (χ0) is 15.9. The maximum atomic E-state index is 13.0. The number of nitrogens with zero attached hydrogens (tertiary/aromatic N) is 1. The molecule has 0 aliphatic rings.